The standard InChI is InChI=1S/C24H21NO6/c1-4-14-24(21(28)30-23(2,3)31-22(24)29)18(15-10-6-5-7-11-15)25-19(26)16-12-8-9-13-17(16)20(25)27/h4-13,18H,1,14H2,2-3H3. The van der Waals surface area contributed by atoms with Crippen LogP contribution in [0.15, 0.2) is 67.3 Å². The molecule has 1 saturated heterocycles. The van der Waals surface area contributed by atoms with Crippen LogP contribution in [0.25, 0.3) is 0 Å². The molecule has 4 rings (SSSR count). The van der Waals surface area contributed by atoms with Crippen LogP contribution in [0.3, 0.4) is 0 Å². The number of nitrogens with zero attached hydrogens (tertiary/aromatic N) is 1. The molecule has 2 aromatic rings. The largest absolute Gasteiger partial charge is 0.422 e. The van der Waals surface area contributed by atoms with E-state index in [1.165, 1.54) is 19.9 Å². The summed E-state index contributed by atoms with van der Waals surface area (Å²) >= 11 is 0. The van der Waals surface area contributed by atoms with Crippen LogP contribution in [0.1, 0.15) is 52.6 Å². The van der Waals surface area contributed by atoms with E-state index in [9.17, 15) is 19.2 Å². The summed E-state index contributed by atoms with van der Waals surface area (Å²) in [6.45, 7) is 6.57. The highest BCUT2D eigenvalue weighted by Gasteiger charge is 2.64. The fourth-order valence-electron chi connectivity index (χ4n) is 4.19. The maximum absolute atomic E-state index is 13.4. The minimum absolute atomic E-state index is 0.187. The predicted molar refractivity (Wildman–Crippen MR) is 110 cm³/mol. The number of carbonyl (C=O) groups excluding carboxylic acids is 4. The van der Waals surface area contributed by atoms with Crippen molar-refractivity contribution in [3.63, 3.8) is 0 Å². The van der Waals surface area contributed by atoms with E-state index < -0.39 is 41.0 Å². The Bertz CT molecular complexity index is 1050. The Morgan fingerprint density at radius 2 is 1.35 bits per heavy atom. The van der Waals surface area contributed by atoms with Crippen molar-refractivity contribution in [1.29, 1.82) is 0 Å². The van der Waals surface area contributed by atoms with Gasteiger partial charge in [0.15, 0.2) is 5.41 Å². The smallest absolute Gasteiger partial charge is 0.329 e. The van der Waals surface area contributed by atoms with Gasteiger partial charge in [0, 0.05) is 13.8 Å². The van der Waals surface area contributed by atoms with Crippen molar-refractivity contribution < 1.29 is 28.7 Å². The summed E-state index contributed by atoms with van der Waals surface area (Å²) in [6, 6.07) is 13.6. The van der Waals surface area contributed by atoms with Gasteiger partial charge in [0.2, 0.25) is 0 Å². The zero-order valence-electron chi connectivity index (χ0n) is 17.2. The number of esters is 2. The van der Waals surface area contributed by atoms with E-state index in [4.69, 9.17) is 9.47 Å². The van der Waals surface area contributed by atoms with Crippen molar-refractivity contribution in [3.8, 4) is 0 Å². The highest BCUT2D eigenvalue weighted by molar-refractivity contribution is 6.22. The van der Waals surface area contributed by atoms with Crippen LogP contribution >= 0.6 is 0 Å². The normalized spacial score (nSPS) is 20.0. The highest BCUT2D eigenvalue weighted by Crippen LogP contribution is 2.50. The summed E-state index contributed by atoms with van der Waals surface area (Å²) in [7, 11) is 0. The van der Waals surface area contributed by atoms with Gasteiger partial charge in [0.1, 0.15) is 0 Å². The van der Waals surface area contributed by atoms with Crippen LogP contribution in [0.2, 0.25) is 0 Å². The van der Waals surface area contributed by atoms with E-state index in [1.54, 1.807) is 54.6 Å². The molecule has 158 valence electrons. The molecule has 31 heavy (non-hydrogen) atoms. The van der Waals surface area contributed by atoms with Gasteiger partial charge in [-0.25, -0.2) is 0 Å². The Labute approximate surface area is 179 Å². The third kappa shape index (κ3) is 3.04. The monoisotopic (exact) mass is 419 g/mol. The van der Waals surface area contributed by atoms with E-state index in [0.717, 1.165) is 4.90 Å². The second-order valence-corrected chi connectivity index (χ2v) is 7.98. The van der Waals surface area contributed by atoms with Crippen molar-refractivity contribution in [2.24, 2.45) is 5.41 Å². The van der Waals surface area contributed by atoms with E-state index in [2.05, 4.69) is 6.58 Å². The first-order valence-corrected chi connectivity index (χ1v) is 9.82. The zero-order chi connectivity index (χ0) is 22.4. The molecule has 1 atom stereocenters. The van der Waals surface area contributed by atoms with E-state index in [-0.39, 0.29) is 17.5 Å². The number of ether oxygens (including phenoxy) is 2. The van der Waals surface area contributed by atoms with Crippen molar-refractivity contribution in [1.82, 2.24) is 4.90 Å². The van der Waals surface area contributed by atoms with Gasteiger partial charge in [-0.2, -0.15) is 0 Å². The molecular formula is C24H21NO6. The van der Waals surface area contributed by atoms with Crippen LogP contribution < -0.4 is 0 Å². The number of hydrogen-bond acceptors (Lipinski definition) is 6. The number of benzene rings is 2. The quantitative estimate of drug-likeness (QED) is 0.319. The van der Waals surface area contributed by atoms with Crippen molar-refractivity contribution in [3.05, 3.63) is 83.9 Å². The highest BCUT2D eigenvalue weighted by atomic mass is 16.7. The molecule has 0 N–H and O–H groups in total. The minimum Gasteiger partial charge on any atom is -0.422 e. The summed E-state index contributed by atoms with van der Waals surface area (Å²) < 4.78 is 10.9. The number of carbonyl (C=O) groups is 4. The molecule has 2 amide bonds. The molecule has 2 aliphatic rings. The molecule has 1 unspecified atom stereocenters. The molecule has 2 aliphatic heterocycles. The lowest BCUT2D eigenvalue weighted by Gasteiger charge is -2.45. The number of cyclic esters (lactones) is 2. The fourth-order valence-corrected chi connectivity index (χ4v) is 4.19. The molecule has 0 saturated carbocycles. The van der Waals surface area contributed by atoms with Crippen molar-refractivity contribution in [2.45, 2.75) is 32.1 Å². The van der Waals surface area contributed by atoms with Crippen LogP contribution in [0, 0.1) is 5.41 Å². The average Bonchev–Trinajstić information content (AvgIpc) is 2.98. The van der Waals surface area contributed by atoms with Gasteiger partial charge in [-0.3, -0.25) is 24.1 Å². The number of rotatable bonds is 5. The van der Waals surface area contributed by atoms with E-state index in [1.807, 2.05) is 0 Å². The Morgan fingerprint density at radius 1 is 0.871 bits per heavy atom. The molecule has 0 bridgehead atoms. The number of hydrogen-bond donors (Lipinski definition) is 0. The van der Waals surface area contributed by atoms with Gasteiger partial charge in [-0.1, -0.05) is 48.5 Å². The Balaban J connectivity index is 1.95. The lowest BCUT2D eigenvalue weighted by molar-refractivity contribution is -0.254. The van der Waals surface area contributed by atoms with Gasteiger partial charge in [-0.05, 0) is 24.1 Å². The molecule has 0 aliphatic carbocycles. The maximum Gasteiger partial charge on any atom is 0.329 e. The summed E-state index contributed by atoms with van der Waals surface area (Å²) in [6.07, 6.45) is 1.20. The van der Waals surface area contributed by atoms with Crippen molar-refractivity contribution >= 4 is 23.8 Å². The van der Waals surface area contributed by atoms with Crippen molar-refractivity contribution in [2.75, 3.05) is 0 Å². The number of imide groups is 1. The molecule has 7 nitrogen and oxygen atoms in total. The maximum atomic E-state index is 13.4. The van der Waals surface area contributed by atoms with Gasteiger partial charge in [0.05, 0.1) is 17.2 Å². The van der Waals surface area contributed by atoms with Crippen LogP contribution in [-0.4, -0.2) is 34.4 Å². The summed E-state index contributed by atoms with van der Waals surface area (Å²) in [5, 5.41) is 0. The lowest BCUT2D eigenvalue weighted by Crippen LogP contribution is -2.60. The second-order valence-electron chi connectivity index (χ2n) is 7.98. The predicted octanol–water partition coefficient (Wildman–Crippen LogP) is 3.42. The summed E-state index contributed by atoms with van der Waals surface area (Å²) in [5.41, 5.74) is -1.15. The number of allylic oxidation sites excluding steroid dienone is 1. The Kier molecular flexibility index (Phi) is 4.76. The summed E-state index contributed by atoms with van der Waals surface area (Å²) in [4.78, 5) is 54.4. The Morgan fingerprint density at radius 3 is 1.84 bits per heavy atom. The number of fused-ring (bicyclic) bond motifs is 1. The zero-order valence-corrected chi connectivity index (χ0v) is 17.2. The third-order valence-electron chi connectivity index (χ3n) is 5.54. The topological polar surface area (TPSA) is 90.0 Å². The van der Waals surface area contributed by atoms with Crippen LogP contribution in [0.4, 0.5) is 0 Å². The second kappa shape index (κ2) is 7.19. The first-order valence-electron chi connectivity index (χ1n) is 9.82. The molecular weight excluding hydrogens is 398 g/mol. The van der Waals surface area contributed by atoms with E-state index >= 15 is 0 Å². The molecule has 1 fully saturated rings. The Hall–Kier alpha value is -3.74. The first kappa shape index (κ1) is 20.5. The summed E-state index contributed by atoms with van der Waals surface area (Å²) in [5.74, 6) is -4.41. The van der Waals surface area contributed by atoms with Gasteiger partial charge >= 0.3 is 11.9 Å². The van der Waals surface area contributed by atoms with E-state index in [0.29, 0.717) is 5.56 Å². The third-order valence-corrected chi connectivity index (χ3v) is 5.54. The van der Waals surface area contributed by atoms with Gasteiger partial charge in [-0.15, -0.1) is 6.58 Å². The molecule has 2 heterocycles. The van der Waals surface area contributed by atoms with Crippen LogP contribution in [0.5, 0.6) is 0 Å². The molecule has 2 aromatic carbocycles. The first-order chi connectivity index (χ1) is 14.7. The molecule has 0 radical (unpaired) electrons. The van der Waals surface area contributed by atoms with Crippen LogP contribution in [-0.2, 0) is 19.1 Å². The molecule has 0 aromatic heterocycles. The van der Waals surface area contributed by atoms with Gasteiger partial charge in [0.25, 0.3) is 17.6 Å². The average molecular weight is 419 g/mol. The lowest BCUT2D eigenvalue weighted by atomic mass is 9.72. The molecule has 7 heteroatoms. The SMILES string of the molecule is C=CCC1(C(c2ccccc2)N2C(=O)c3ccccc3C2=O)C(=O)OC(C)(C)OC1=O. The minimum atomic E-state index is -1.99. The number of amides is 2. The molecule has 0 spiro atoms. The fraction of sp³-hybridized carbons (Fsp3) is 0.250. The van der Waals surface area contributed by atoms with Gasteiger partial charge < -0.3 is 9.47 Å².